The summed E-state index contributed by atoms with van der Waals surface area (Å²) in [5.41, 5.74) is 5.40. The van der Waals surface area contributed by atoms with Crippen LogP contribution in [0.1, 0.15) is 361 Å². The van der Waals surface area contributed by atoms with E-state index in [9.17, 15) is 19.0 Å². The van der Waals surface area contributed by atoms with Crippen molar-refractivity contribution in [1.29, 1.82) is 0 Å². The Hall–Kier alpha value is -1.51. The SMILES string of the molecule is CCCCCCC/C=C\C/C=C\CCCCCCCCCCCCCCCCCCCCCCCCCC(=O)OC(COC(=O)CCCCCCCCCCCCCCCCCCCCCCC)COP(=O)(O)OCCN. The number of phosphoric acid groups is 1. The van der Waals surface area contributed by atoms with Gasteiger partial charge in [-0.1, -0.05) is 327 Å². The van der Waals surface area contributed by atoms with Crippen molar-refractivity contribution >= 4 is 19.8 Å². The van der Waals surface area contributed by atoms with Gasteiger partial charge in [-0.3, -0.25) is 18.6 Å². The van der Waals surface area contributed by atoms with Crippen LogP contribution in [0.3, 0.4) is 0 Å². The van der Waals surface area contributed by atoms with Gasteiger partial charge in [0.2, 0.25) is 0 Å². The molecule has 0 spiro atoms. The second-order valence-electron chi connectivity index (χ2n) is 23.1. The third kappa shape index (κ3) is 63.5. The maximum atomic E-state index is 12.7. The molecule has 77 heavy (non-hydrogen) atoms. The molecule has 3 N–H and O–H groups in total. The van der Waals surface area contributed by atoms with Crippen molar-refractivity contribution in [3.8, 4) is 0 Å². The summed E-state index contributed by atoms with van der Waals surface area (Å²) in [6.45, 7) is 3.81. The molecule has 0 aliphatic rings. The molecule has 0 fully saturated rings. The second kappa shape index (κ2) is 63.7. The summed E-state index contributed by atoms with van der Waals surface area (Å²) in [6, 6.07) is 0. The van der Waals surface area contributed by atoms with Crippen molar-refractivity contribution in [1.82, 2.24) is 0 Å². The number of nitrogens with two attached hydrogens (primary N) is 1. The molecule has 0 amide bonds. The summed E-state index contributed by atoms with van der Waals surface area (Å²) >= 11 is 0. The van der Waals surface area contributed by atoms with Crippen LogP contribution in [0.15, 0.2) is 24.3 Å². The quantitative estimate of drug-likeness (QED) is 0.0264. The summed E-state index contributed by atoms with van der Waals surface area (Å²) in [5.74, 6) is -0.803. The lowest BCUT2D eigenvalue weighted by Crippen LogP contribution is -2.29. The Morgan fingerprint density at radius 3 is 0.987 bits per heavy atom. The Labute approximate surface area is 478 Å². The molecule has 9 nitrogen and oxygen atoms in total. The molecule has 0 aromatic rings. The van der Waals surface area contributed by atoms with Crippen molar-refractivity contribution in [2.45, 2.75) is 367 Å². The first-order valence-electron chi connectivity index (χ1n) is 33.8. The first-order valence-corrected chi connectivity index (χ1v) is 35.3. The Kier molecular flexibility index (Phi) is 62.4. The monoisotopic (exact) mass is 1110 g/mol. The molecule has 0 aromatic carbocycles. The van der Waals surface area contributed by atoms with Crippen LogP contribution in [0.5, 0.6) is 0 Å². The van der Waals surface area contributed by atoms with Crippen molar-refractivity contribution < 1.29 is 37.6 Å². The number of ether oxygens (including phenoxy) is 2. The zero-order valence-corrected chi connectivity index (χ0v) is 52.1. The molecular formula is C67H130NO8P. The van der Waals surface area contributed by atoms with Gasteiger partial charge in [-0.15, -0.1) is 0 Å². The van der Waals surface area contributed by atoms with Crippen LogP contribution in [0.25, 0.3) is 0 Å². The minimum absolute atomic E-state index is 0.0573. The van der Waals surface area contributed by atoms with E-state index < -0.39 is 26.5 Å². The Morgan fingerprint density at radius 1 is 0.390 bits per heavy atom. The van der Waals surface area contributed by atoms with E-state index in [1.165, 1.54) is 289 Å². The van der Waals surface area contributed by atoms with E-state index in [-0.39, 0.29) is 38.6 Å². The molecule has 0 aromatic heterocycles. The lowest BCUT2D eigenvalue weighted by Gasteiger charge is -2.19. The standard InChI is InChI=1S/C67H130NO8P/c1-3-5-7-9-11-13-15-17-19-21-23-25-26-27-28-29-30-31-32-33-34-35-36-37-38-40-42-44-46-48-50-52-54-56-58-60-67(70)76-65(64-75-77(71,72)74-62-61-68)63-73-66(69)59-57-55-53-51-49-47-45-43-41-39-24-22-20-18-16-14-12-10-8-6-4-2/h15,17,21,23,65H,3-14,16,18-20,22,24-64,68H2,1-2H3,(H,71,72)/b17-15-,23-21-. The minimum atomic E-state index is -4.39. The molecule has 456 valence electrons. The molecule has 0 radical (unpaired) electrons. The highest BCUT2D eigenvalue weighted by Crippen LogP contribution is 2.43. The summed E-state index contributed by atoms with van der Waals surface area (Å²) in [5, 5.41) is 0. The predicted molar refractivity (Wildman–Crippen MR) is 331 cm³/mol. The van der Waals surface area contributed by atoms with Gasteiger partial charge in [0.25, 0.3) is 0 Å². The van der Waals surface area contributed by atoms with Gasteiger partial charge in [-0.2, -0.15) is 0 Å². The fourth-order valence-corrected chi connectivity index (χ4v) is 11.1. The van der Waals surface area contributed by atoms with E-state index in [1.54, 1.807) is 0 Å². The molecule has 0 rings (SSSR count). The molecule has 0 aliphatic carbocycles. The lowest BCUT2D eigenvalue weighted by atomic mass is 10.0. The smallest absolute Gasteiger partial charge is 0.462 e. The highest BCUT2D eigenvalue weighted by Gasteiger charge is 2.26. The number of phosphoric ester groups is 1. The van der Waals surface area contributed by atoms with Crippen molar-refractivity contribution in [2.75, 3.05) is 26.4 Å². The number of esters is 2. The molecule has 0 heterocycles. The first-order chi connectivity index (χ1) is 37.8. The molecule has 0 saturated carbocycles. The molecule has 2 atom stereocenters. The van der Waals surface area contributed by atoms with Crippen LogP contribution in [0.2, 0.25) is 0 Å². The van der Waals surface area contributed by atoms with E-state index in [4.69, 9.17) is 24.3 Å². The predicted octanol–water partition coefficient (Wildman–Crippen LogP) is 21.8. The fraction of sp³-hybridized carbons (Fsp3) is 0.910. The molecule has 0 saturated heterocycles. The number of hydrogen-bond acceptors (Lipinski definition) is 8. The summed E-state index contributed by atoms with van der Waals surface area (Å²) < 4.78 is 33.1. The highest BCUT2D eigenvalue weighted by atomic mass is 31.2. The summed E-state index contributed by atoms with van der Waals surface area (Å²) in [4.78, 5) is 35.3. The van der Waals surface area contributed by atoms with Gasteiger partial charge in [0.15, 0.2) is 6.10 Å². The Bertz CT molecular complexity index is 1310. The van der Waals surface area contributed by atoms with Crippen LogP contribution in [-0.4, -0.2) is 49.3 Å². The Morgan fingerprint density at radius 2 is 0.675 bits per heavy atom. The highest BCUT2D eigenvalue weighted by molar-refractivity contribution is 7.47. The minimum Gasteiger partial charge on any atom is -0.462 e. The van der Waals surface area contributed by atoms with Crippen LogP contribution < -0.4 is 5.73 Å². The van der Waals surface area contributed by atoms with Crippen molar-refractivity contribution in [3.05, 3.63) is 24.3 Å². The number of carbonyl (C=O) groups is 2. The van der Waals surface area contributed by atoms with Crippen LogP contribution in [0, 0.1) is 0 Å². The van der Waals surface area contributed by atoms with Gasteiger partial charge < -0.3 is 20.1 Å². The maximum absolute atomic E-state index is 12.7. The van der Waals surface area contributed by atoms with Gasteiger partial charge in [0.05, 0.1) is 13.2 Å². The summed E-state index contributed by atoms with van der Waals surface area (Å²) in [6.07, 6.45) is 77.0. The average Bonchev–Trinajstić information content (AvgIpc) is 3.42. The second-order valence-corrected chi connectivity index (χ2v) is 24.5. The number of carbonyl (C=O) groups excluding carboxylic acids is 2. The van der Waals surface area contributed by atoms with E-state index >= 15 is 0 Å². The van der Waals surface area contributed by atoms with Gasteiger partial charge in [-0.25, -0.2) is 4.57 Å². The summed E-state index contributed by atoms with van der Waals surface area (Å²) in [7, 11) is -4.39. The molecule has 0 aliphatic heterocycles. The average molecular weight is 1110 g/mol. The van der Waals surface area contributed by atoms with Crippen molar-refractivity contribution in [3.63, 3.8) is 0 Å². The zero-order valence-electron chi connectivity index (χ0n) is 51.2. The van der Waals surface area contributed by atoms with E-state index in [2.05, 4.69) is 38.2 Å². The van der Waals surface area contributed by atoms with Gasteiger partial charge in [0, 0.05) is 19.4 Å². The van der Waals surface area contributed by atoms with Gasteiger partial charge in [0.1, 0.15) is 6.61 Å². The Balaban J connectivity index is 3.80. The van der Waals surface area contributed by atoms with Crippen LogP contribution in [-0.2, 0) is 32.7 Å². The zero-order chi connectivity index (χ0) is 55.9. The lowest BCUT2D eigenvalue weighted by molar-refractivity contribution is -0.161. The normalized spacial score (nSPS) is 13.0. The van der Waals surface area contributed by atoms with E-state index in [0.717, 1.165) is 38.5 Å². The van der Waals surface area contributed by atoms with E-state index in [0.29, 0.717) is 6.42 Å². The number of allylic oxidation sites excluding steroid dienone is 4. The van der Waals surface area contributed by atoms with Crippen LogP contribution >= 0.6 is 7.82 Å². The van der Waals surface area contributed by atoms with E-state index in [1.807, 2.05) is 0 Å². The third-order valence-corrected chi connectivity index (χ3v) is 16.3. The van der Waals surface area contributed by atoms with Crippen molar-refractivity contribution in [2.24, 2.45) is 5.73 Å². The van der Waals surface area contributed by atoms with Crippen LogP contribution in [0.4, 0.5) is 0 Å². The fourth-order valence-electron chi connectivity index (χ4n) is 10.3. The van der Waals surface area contributed by atoms with Gasteiger partial charge >= 0.3 is 19.8 Å². The molecule has 10 heteroatoms. The molecule has 2 unspecified atom stereocenters. The first kappa shape index (κ1) is 75.5. The number of hydrogen-bond donors (Lipinski definition) is 2. The maximum Gasteiger partial charge on any atom is 0.472 e. The largest absolute Gasteiger partial charge is 0.472 e. The number of rotatable bonds is 65. The number of unbranched alkanes of at least 4 members (excludes halogenated alkanes) is 48. The van der Waals surface area contributed by atoms with Gasteiger partial charge in [-0.05, 0) is 44.9 Å². The molecular weight excluding hydrogens is 978 g/mol. The topological polar surface area (TPSA) is 134 Å². The third-order valence-electron chi connectivity index (χ3n) is 15.3. The molecule has 0 bridgehead atoms.